The number of nitrogens with one attached hydrogen (secondary N) is 3. The molecule has 17 heavy (non-hydrogen) atoms. The monoisotopic (exact) mass is 231 g/mol. The van der Waals surface area contributed by atoms with E-state index in [9.17, 15) is 4.79 Å². The predicted molar refractivity (Wildman–Crippen MR) is 65.4 cm³/mol. The lowest BCUT2D eigenvalue weighted by atomic mass is 9.77. The first-order valence-electron chi connectivity index (χ1n) is 6.16. The summed E-state index contributed by atoms with van der Waals surface area (Å²) in [5.41, 5.74) is 8.65. The fraction of sp³-hybridized carbons (Fsp3) is 0.462. The van der Waals surface area contributed by atoms with Crippen LogP contribution < -0.4 is 16.2 Å². The van der Waals surface area contributed by atoms with Gasteiger partial charge in [0, 0.05) is 25.6 Å². The zero-order valence-electron chi connectivity index (χ0n) is 9.70. The highest BCUT2D eigenvalue weighted by molar-refractivity contribution is 5.86. The Morgan fingerprint density at radius 3 is 2.82 bits per heavy atom. The first-order chi connectivity index (χ1) is 8.34. The van der Waals surface area contributed by atoms with E-state index in [1.807, 2.05) is 12.1 Å². The number of benzene rings is 1. The van der Waals surface area contributed by atoms with Gasteiger partial charge in [-0.25, -0.2) is 0 Å². The van der Waals surface area contributed by atoms with Crippen LogP contribution in [0.4, 0.5) is 0 Å². The summed E-state index contributed by atoms with van der Waals surface area (Å²) in [7, 11) is 0. The Hall–Kier alpha value is -1.39. The van der Waals surface area contributed by atoms with Gasteiger partial charge in [0.2, 0.25) is 5.91 Å². The van der Waals surface area contributed by atoms with Crippen molar-refractivity contribution in [3.63, 3.8) is 0 Å². The molecule has 1 saturated heterocycles. The largest absolute Gasteiger partial charge is 0.355 e. The average molecular weight is 231 g/mol. The predicted octanol–water partition coefficient (Wildman–Crippen LogP) is 0.167. The van der Waals surface area contributed by atoms with E-state index in [4.69, 9.17) is 0 Å². The van der Waals surface area contributed by atoms with Crippen LogP contribution in [0.3, 0.4) is 0 Å². The fourth-order valence-corrected chi connectivity index (χ4v) is 2.51. The Morgan fingerprint density at radius 2 is 2.06 bits per heavy atom. The normalized spacial score (nSPS) is 22.9. The molecule has 2 aliphatic rings. The minimum atomic E-state index is 0.0773. The summed E-state index contributed by atoms with van der Waals surface area (Å²) in [5.74, 6) is 0.762. The molecule has 0 spiro atoms. The minimum Gasteiger partial charge on any atom is -0.355 e. The third kappa shape index (κ3) is 2.06. The summed E-state index contributed by atoms with van der Waals surface area (Å²) in [6, 6.07) is 8.19. The number of carbonyl (C=O) groups excluding carboxylic acids is 1. The number of amides is 1. The van der Waals surface area contributed by atoms with Crippen LogP contribution in [0.1, 0.15) is 17.0 Å². The lowest BCUT2D eigenvalue weighted by Gasteiger charge is -2.29. The molecular formula is C13H17N3O. The fourth-order valence-electron chi connectivity index (χ4n) is 2.51. The van der Waals surface area contributed by atoms with Crippen LogP contribution in [0.5, 0.6) is 0 Å². The van der Waals surface area contributed by atoms with E-state index in [1.165, 1.54) is 11.1 Å². The van der Waals surface area contributed by atoms with Gasteiger partial charge in [-0.15, -0.1) is 0 Å². The Morgan fingerprint density at radius 1 is 1.29 bits per heavy atom. The van der Waals surface area contributed by atoms with E-state index < -0.39 is 0 Å². The molecule has 0 radical (unpaired) electrons. The zero-order chi connectivity index (χ0) is 11.7. The van der Waals surface area contributed by atoms with Crippen LogP contribution in [0, 0.1) is 5.92 Å². The van der Waals surface area contributed by atoms with Crippen LogP contribution in [0.25, 0.3) is 0 Å². The average Bonchev–Trinajstić information content (AvgIpc) is 2.81. The van der Waals surface area contributed by atoms with E-state index in [2.05, 4.69) is 28.3 Å². The van der Waals surface area contributed by atoms with Crippen molar-refractivity contribution in [1.82, 2.24) is 16.2 Å². The van der Waals surface area contributed by atoms with Crippen LogP contribution in [-0.2, 0) is 11.2 Å². The van der Waals surface area contributed by atoms with Gasteiger partial charge in [0.05, 0.1) is 5.92 Å². The van der Waals surface area contributed by atoms with Crippen LogP contribution in [0.15, 0.2) is 24.3 Å². The van der Waals surface area contributed by atoms with Crippen molar-refractivity contribution in [3.8, 4) is 0 Å². The van der Waals surface area contributed by atoms with Gasteiger partial charge in [0.25, 0.3) is 0 Å². The smallest absolute Gasteiger partial charge is 0.227 e. The molecule has 1 fully saturated rings. The first-order valence-corrected chi connectivity index (χ1v) is 6.16. The number of fused-ring (bicyclic) bond motifs is 1. The molecule has 1 aromatic carbocycles. The van der Waals surface area contributed by atoms with Crippen LogP contribution >= 0.6 is 0 Å². The van der Waals surface area contributed by atoms with Crippen LogP contribution in [0.2, 0.25) is 0 Å². The molecule has 0 bridgehead atoms. The molecule has 1 unspecified atom stereocenters. The Balaban J connectivity index is 1.54. The topological polar surface area (TPSA) is 53.2 Å². The molecule has 1 amide bonds. The summed E-state index contributed by atoms with van der Waals surface area (Å²) in [6.07, 6.45) is 0.892. The second-order valence-electron chi connectivity index (χ2n) is 4.83. The minimum absolute atomic E-state index is 0.0773. The number of hydrazine groups is 1. The number of rotatable bonds is 3. The van der Waals surface area contributed by atoms with Crippen LogP contribution in [-0.4, -0.2) is 25.5 Å². The summed E-state index contributed by atoms with van der Waals surface area (Å²) < 4.78 is 0. The second-order valence-corrected chi connectivity index (χ2v) is 4.83. The second kappa shape index (κ2) is 4.47. The molecular weight excluding hydrogens is 214 g/mol. The van der Waals surface area contributed by atoms with E-state index >= 15 is 0 Å². The van der Waals surface area contributed by atoms with Gasteiger partial charge in [0.1, 0.15) is 0 Å². The van der Waals surface area contributed by atoms with Crippen molar-refractivity contribution in [2.45, 2.75) is 12.3 Å². The van der Waals surface area contributed by atoms with E-state index in [0.717, 1.165) is 26.1 Å². The summed E-state index contributed by atoms with van der Waals surface area (Å²) in [4.78, 5) is 12.0. The summed E-state index contributed by atoms with van der Waals surface area (Å²) in [5, 5.41) is 3.05. The van der Waals surface area contributed by atoms with E-state index in [0.29, 0.717) is 5.92 Å². The maximum atomic E-state index is 12.0. The molecule has 1 atom stereocenters. The number of hydrogen-bond donors (Lipinski definition) is 3. The molecule has 3 rings (SSSR count). The van der Waals surface area contributed by atoms with E-state index in [1.54, 1.807) is 0 Å². The highest BCUT2D eigenvalue weighted by Gasteiger charge is 2.31. The molecule has 4 nitrogen and oxygen atoms in total. The molecule has 1 aromatic rings. The molecule has 1 heterocycles. The van der Waals surface area contributed by atoms with Crippen molar-refractivity contribution in [1.29, 1.82) is 0 Å². The molecule has 0 aromatic heterocycles. The van der Waals surface area contributed by atoms with E-state index in [-0.39, 0.29) is 11.8 Å². The lowest BCUT2D eigenvalue weighted by molar-refractivity contribution is -0.123. The van der Waals surface area contributed by atoms with Crippen molar-refractivity contribution in [2.24, 2.45) is 5.92 Å². The highest BCUT2D eigenvalue weighted by atomic mass is 16.1. The molecule has 90 valence electrons. The number of carbonyl (C=O) groups is 1. The van der Waals surface area contributed by atoms with Crippen molar-refractivity contribution in [2.75, 3.05) is 19.6 Å². The van der Waals surface area contributed by atoms with Gasteiger partial charge in [-0.05, 0) is 17.5 Å². The zero-order valence-corrected chi connectivity index (χ0v) is 9.70. The maximum Gasteiger partial charge on any atom is 0.227 e. The number of hydrogen-bond acceptors (Lipinski definition) is 3. The Kier molecular flexibility index (Phi) is 2.82. The maximum absolute atomic E-state index is 12.0. The van der Waals surface area contributed by atoms with Crippen molar-refractivity contribution in [3.05, 3.63) is 35.4 Å². The van der Waals surface area contributed by atoms with Gasteiger partial charge >= 0.3 is 0 Å². The van der Waals surface area contributed by atoms with Gasteiger partial charge in [-0.2, -0.15) is 0 Å². The van der Waals surface area contributed by atoms with Gasteiger partial charge in [-0.1, -0.05) is 24.3 Å². The lowest BCUT2D eigenvalue weighted by Crippen LogP contribution is -2.38. The SMILES string of the molecule is O=C(NCC1CNNC1)C1Cc2ccccc21. The third-order valence-corrected chi connectivity index (χ3v) is 3.64. The molecule has 1 aliphatic carbocycles. The Labute approximate surface area is 101 Å². The van der Waals surface area contributed by atoms with Gasteiger partial charge in [-0.3, -0.25) is 15.6 Å². The quantitative estimate of drug-likeness (QED) is 0.695. The van der Waals surface area contributed by atoms with Crippen molar-refractivity contribution >= 4 is 5.91 Å². The molecule has 3 N–H and O–H groups in total. The standard InChI is InChI=1S/C13H17N3O/c17-13(14-6-9-7-15-16-8-9)12-5-10-3-1-2-4-11(10)12/h1-4,9,12,15-16H,5-8H2,(H,14,17). The molecule has 1 aliphatic heterocycles. The molecule has 4 heteroatoms. The third-order valence-electron chi connectivity index (χ3n) is 3.64. The highest BCUT2D eigenvalue weighted by Crippen LogP contribution is 2.34. The summed E-state index contributed by atoms with van der Waals surface area (Å²) >= 11 is 0. The first kappa shape index (κ1) is 10.7. The molecule has 0 saturated carbocycles. The van der Waals surface area contributed by atoms with Crippen molar-refractivity contribution < 1.29 is 4.79 Å². The van der Waals surface area contributed by atoms with Gasteiger partial charge in [0.15, 0.2) is 0 Å². The Bertz CT molecular complexity index is 426. The summed E-state index contributed by atoms with van der Waals surface area (Å²) in [6.45, 7) is 2.63. The van der Waals surface area contributed by atoms with Gasteiger partial charge < -0.3 is 5.32 Å².